The molecule has 1 aromatic carbocycles. The van der Waals surface area contributed by atoms with Crippen LogP contribution in [0.3, 0.4) is 0 Å². The van der Waals surface area contributed by atoms with E-state index in [1.807, 2.05) is 23.3 Å². The van der Waals surface area contributed by atoms with Crippen LogP contribution in [0.25, 0.3) is 21.5 Å². The zero-order valence-corrected chi connectivity index (χ0v) is 17.3. The molecule has 0 saturated carbocycles. The number of carbonyl (C=O) groups is 1. The zero-order chi connectivity index (χ0) is 20.2. The van der Waals surface area contributed by atoms with Gasteiger partial charge in [-0.25, -0.2) is 14.2 Å². The van der Waals surface area contributed by atoms with Gasteiger partial charge in [0.25, 0.3) is 0 Å². The van der Waals surface area contributed by atoms with E-state index in [1.54, 1.807) is 23.5 Å². The van der Waals surface area contributed by atoms with Gasteiger partial charge in [-0.05, 0) is 67.5 Å². The summed E-state index contributed by atoms with van der Waals surface area (Å²) in [5, 5.41) is 8.53. The minimum absolute atomic E-state index is 0.0391. The van der Waals surface area contributed by atoms with Gasteiger partial charge in [0.05, 0.1) is 21.6 Å². The van der Waals surface area contributed by atoms with Crippen molar-refractivity contribution in [1.29, 1.82) is 0 Å². The minimum Gasteiger partial charge on any atom is -0.383 e. The highest BCUT2D eigenvalue weighted by Gasteiger charge is 2.22. The van der Waals surface area contributed by atoms with Crippen LogP contribution in [0.4, 0.5) is 14.9 Å². The van der Waals surface area contributed by atoms with E-state index in [-0.39, 0.29) is 11.8 Å². The number of amides is 2. The Morgan fingerprint density at radius 2 is 2.00 bits per heavy atom. The van der Waals surface area contributed by atoms with E-state index >= 15 is 0 Å². The highest BCUT2D eigenvalue weighted by molar-refractivity contribution is 7.17. The molecule has 4 rings (SSSR count). The van der Waals surface area contributed by atoms with Gasteiger partial charge in [-0.3, -0.25) is 0 Å². The lowest BCUT2D eigenvalue weighted by Gasteiger charge is -2.32. The number of nitrogens with zero attached hydrogens (tertiary/aromatic N) is 2. The molecule has 1 saturated heterocycles. The summed E-state index contributed by atoms with van der Waals surface area (Å²) in [4.78, 5) is 18.6. The molecule has 1 aliphatic rings. The Balaban J connectivity index is 1.45. The van der Waals surface area contributed by atoms with Crippen molar-refractivity contribution in [2.24, 2.45) is 5.92 Å². The first kappa shape index (κ1) is 19.6. The van der Waals surface area contributed by atoms with Gasteiger partial charge in [-0.15, -0.1) is 11.3 Å². The number of benzene rings is 1. The molecule has 152 valence electrons. The van der Waals surface area contributed by atoms with Crippen LogP contribution >= 0.6 is 11.3 Å². The standard InChI is InChI=1S/C22H25FN4OS/c1-2-24-22(28)27-10-7-15(8-11-27)14-25-20-13-19(16-3-5-17(23)6-4-16)26-18-9-12-29-21(18)20/h3-6,9,12-13,15H,2,7-8,10-11,14H2,1H3,(H,24,28)(H,25,26). The number of carbonyl (C=O) groups excluding carboxylic acids is 1. The predicted octanol–water partition coefficient (Wildman–Crippen LogP) is 4.96. The number of aromatic nitrogens is 1. The van der Waals surface area contributed by atoms with Gasteiger partial charge >= 0.3 is 6.03 Å². The number of thiophene rings is 1. The Labute approximate surface area is 173 Å². The van der Waals surface area contributed by atoms with Crippen molar-refractivity contribution >= 4 is 33.3 Å². The number of hydrogen-bond donors (Lipinski definition) is 2. The lowest BCUT2D eigenvalue weighted by Crippen LogP contribution is -2.45. The number of nitrogens with one attached hydrogen (secondary N) is 2. The van der Waals surface area contributed by atoms with Gasteiger partial charge in [0, 0.05) is 31.7 Å². The monoisotopic (exact) mass is 412 g/mol. The SMILES string of the molecule is CCNC(=O)N1CCC(CNc2cc(-c3ccc(F)cc3)nc3ccsc23)CC1. The van der Waals surface area contributed by atoms with Crippen molar-refractivity contribution in [1.82, 2.24) is 15.2 Å². The van der Waals surface area contributed by atoms with Crippen LogP contribution < -0.4 is 10.6 Å². The average molecular weight is 413 g/mol. The Bertz CT molecular complexity index is 980. The fourth-order valence-corrected chi connectivity index (χ4v) is 4.54. The number of halogens is 1. The van der Waals surface area contributed by atoms with Gasteiger partial charge in [0.1, 0.15) is 5.82 Å². The van der Waals surface area contributed by atoms with Gasteiger partial charge in [-0.1, -0.05) is 0 Å². The first-order chi connectivity index (χ1) is 14.1. The first-order valence-electron chi connectivity index (χ1n) is 10.0. The normalized spacial score (nSPS) is 14.9. The summed E-state index contributed by atoms with van der Waals surface area (Å²) in [5.74, 6) is 0.279. The van der Waals surface area contributed by atoms with Crippen molar-refractivity contribution in [3.8, 4) is 11.3 Å². The second-order valence-corrected chi connectivity index (χ2v) is 8.26. The molecule has 0 bridgehead atoms. The van der Waals surface area contributed by atoms with Crippen molar-refractivity contribution in [2.75, 3.05) is 31.5 Å². The van der Waals surface area contributed by atoms with E-state index in [9.17, 15) is 9.18 Å². The molecule has 7 heteroatoms. The number of anilines is 1. The number of likely N-dealkylation sites (tertiary alicyclic amines) is 1. The number of urea groups is 1. The molecule has 0 radical (unpaired) electrons. The number of pyridine rings is 1. The van der Waals surface area contributed by atoms with Crippen LogP contribution in [0.1, 0.15) is 19.8 Å². The number of piperidine rings is 1. The smallest absolute Gasteiger partial charge is 0.317 e. The molecule has 0 spiro atoms. The second kappa shape index (κ2) is 8.78. The van der Waals surface area contributed by atoms with Crippen LogP contribution in [0.15, 0.2) is 41.8 Å². The van der Waals surface area contributed by atoms with Crippen LogP contribution in [0.5, 0.6) is 0 Å². The third-order valence-corrected chi connectivity index (χ3v) is 6.30. The zero-order valence-electron chi connectivity index (χ0n) is 16.5. The summed E-state index contributed by atoms with van der Waals surface area (Å²) in [6, 6.07) is 10.6. The molecule has 3 aromatic rings. The molecular formula is C22H25FN4OS. The van der Waals surface area contributed by atoms with Gasteiger partial charge in [0.2, 0.25) is 0 Å². The quantitative estimate of drug-likeness (QED) is 0.623. The molecule has 1 fully saturated rings. The maximum Gasteiger partial charge on any atom is 0.317 e. The number of rotatable bonds is 5. The third kappa shape index (κ3) is 4.50. The molecular weight excluding hydrogens is 387 g/mol. The number of hydrogen-bond acceptors (Lipinski definition) is 4. The maximum atomic E-state index is 13.3. The molecule has 1 aliphatic heterocycles. The topological polar surface area (TPSA) is 57.3 Å². The van der Waals surface area contributed by atoms with E-state index in [1.165, 1.54) is 12.1 Å². The first-order valence-corrected chi connectivity index (χ1v) is 10.9. The van der Waals surface area contributed by atoms with Gasteiger partial charge in [-0.2, -0.15) is 0 Å². The minimum atomic E-state index is -0.248. The fourth-order valence-electron chi connectivity index (χ4n) is 3.71. The van der Waals surface area contributed by atoms with E-state index in [0.717, 1.165) is 59.6 Å². The summed E-state index contributed by atoms with van der Waals surface area (Å²) in [6.45, 7) is 5.06. The molecule has 0 aliphatic carbocycles. The summed E-state index contributed by atoms with van der Waals surface area (Å²) in [6.07, 6.45) is 1.99. The highest BCUT2D eigenvalue weighted by Crippen LogP contribution is 2.32. The molecule has 5 nitrogen and oxygen atoms in total. The molecule has 2 N–H and O–H groups in total. The van der Waals surface area contributed by atoms with Crippen molar-refractivity contribution in [3.63, 3.8) is 0 Å². The Morgan fingerprint density at radius 3 is 2.72 bits per heavy atom. The Morgan fingerprint density at radius 1 is 1.24 bits per heavy atom. The lowest BCUT2D eigenvalue weighted by atomic mass is 9.97. The fraction of sp³-hybridized carbons (Fsp3) is 0.364. The van der Waals surface area contributed by atoms with Crippen LogP contribution in [-0.2, 0) is 0 Å². The predicted molar refractivity (Wildman–Crippen MR) is 117 cm³/mol. The van der Waals surface area contributed by atoms with Crippen molar-refractivity contribution < 1.29 is 9.18 Å². The van der Waals surface area contributed by atoms with E-state index < -0.39 is 0 Å². The molecule has 0 atom stereocenters. The maximum absolute atomic E-state index is 13.3. The molecule has 2 aromatic heterocycles. The summed E-state index contributed by atoms with van der Waals surface area (Å²) in [7, 11) is 0. The molecule has 2 amide bonds. The van der Waals surface area contributed by atoms with Crippen molar-refractivity contribution in [3.05, 3.63) is 47.6 Å². The van der Waals surface area contributed by atoms with E-state index in [4.69, 9.17) is 4.98 Å². The van der Waals surface area contributed by atoms with Crippen LogP contribution in [0.2, 0.25) is 0 Å². The molecule has 29 heavy (non-hydrogen) atoms. The third-order valence-electron chi connectivity index (χ3n) is 5.36. The Kier molecular flexibility index (Phi) is 5.94. The largest absolute Gasteiger partial charge is 0.383 e. The van der Waals surface area contributed by atoms with Crippen LogP contribution in [-0.4, -0.2) is 42.1 Å². The van der Waals surface area contributed by atoms with Crippen LogP contribution in [0, 0.1) is 11.7 Å². The average Bonchev–Trinajstić information content (AvgIpc) is 3.22. The lowest BCUT2D eigenvalue weighted by molar-refractivity contribution is 0.173. The van der Waals surface area contributed by atoms with E-state index in [0.29, 0.717) is 12.5 Å². The van der Waals surface area contributed by atoms with E-state index in [2.05, 4.69) is 16.7 Å². The Hall–Kier alpha value is -2.67. The molecule has 3 heterocycles. The van der Waals surface area contributed by atoms with Gasteiger partial charge in [0.15, 0.2) is 0 Å². The number of fused-ring (bicyclic) bond motifs is 1. The summed E-state index contributed by atoms with van der Waals surface area (Å²) >= 11 is 1.67. The highest BCUT2D eigenvalue weighted by atomic mass is 32.1. The summed E-state index contributed by atoms with van der Waals surface area (Å²) in [5.41, 5.74) is 3.75. The second-order valence-electron chi connectivity index (χ2n) is 7.34. The molecule has 0 unspecified atom stereocenters. The van der Waals surface area contributed by atoms with Gasteiger partial charge < -0.3 is 15.5 Å². The van der Waals surface area contributed by atoms with Crippen molar-refractivity contribution in [2.45, 2.75) is 19.8 Å². The summed E-state index contributed by atoms with van der Waals surface area (Å²) < 4.78 is 14.4.